The molecule has 0 bridgehead atoms. The lowest BCUT2D eigenvalue weighted by molar-refractivity contribution is 0.115. The summed E-state index contributed by atoms with van der Waals surface area (Å²) in [7, 11) is -0.330. The number of aryl methyl sites for hydroxylation is 2. The average Bonchev–Trinajstić information content (AvgIpc) is 2.88. The molecule has 1 atom stereocenters. The molecule has 1 aromatic rings. The Kier molecular flexibility index (Phi) is 4.36. The summed E-state index contributed by atoms with van der Waals surface area (Å²) < 4.78 is 37.4. The predicted octanol–water partition coefficient (Wildman–Crippen LogP) is 1.72. The van der Waals surface area contributed by atoms with E-state index in [2.05, 4.69) is 0 Å². The van der Waals surface area contributed by atoms with Crippen LogP contribution in [0.4, 0.5) is 0 Å². The first-order valence-corrected chi connectivity index (χ1v) is 8.02. The minimum Gasteiger partial charge on any atom is -0.496 e. The Morgan fingerprint density at radius 1 is 1.20 bits per heavy atom. The zero-order chi connectivity index (χ0) is 14.9. The Hall–Kier alpha value is -1.11. The molecule has 0 N–H and O–H groups in total. The van der Waals surface area contributed by atoms with Crippen LogP contribution in [-0.2, 0) is 14.8 Å². The van der Waals surface area contributed by atoms with Crippen LogP contribution < -0.4 is 4.74 Å². The standard InChI is InChI=1S/C14H21NO4S/c1-10-7-11(2)14(8-13(10)19-4)20(16,17)15-6-5-12(9-15)18-3/h7-8,12H,5-6,9H2,1-4H3/t12-/m0/s1. The van der Waals surface area contributed by atoms with Gasteiger partial charge in [0, 0.05) is 26.3 Å². The maximum Gasteiger partial charge on any atom is 0.243 e. The Labute approximate surface area is 120 Å². The number of sulfonamides is 1. The second kappa shape index (κ2) is 5.71. The van der Waals surface area contributed by atoms with Gasteiger partial charge in [-0.3, -0.25) is 0 Å². The molecule has 0 saturated carbocycles. The van der Waals surface area contributed by atoms with Gasteiger partial charge in [0.15, 0.2) is 0 Å². The van der Waals surface area contributed by atoms with E-state index < -0.39 is 10.0 Å². The summed E-state index contributed by atoms with van der Waals surface area (Å²) in [5, 5.41) is 0. The van der Waals surface area contributed by atoms with Gasteiger partial charge < -0.3 is 9.47 Å². The highest BCUT2D eigenvalue weighted by molar-refractivity contribution is 7.89. The summed E-state index contributed by atoms with van der Waals surface area (Å²) in [5.41, 5.74) is 1.67. The van der Waals surface area contributed by atoms with E-state index >= 15 is 0 Å². The monoisotopic (exact) mass is 299 g/mol. The van der Waals surface area contributed by atoms with Gasteiger partial charge in [-0.15, -0.1) is 0 Å². The van der Waals surface area contributed by atoms with Crippen LogP contribution in [0.25, 0.3) is 0 Å². The smallest absolute Gasteiger partial charge is 0.243 e. The van der Waals surface area contributed by atoms with E-state index in [1.165, 1.54) is 4.31 Å². The van der Waals surface area contributed by atoms with E-state index in [4.69, 9.17) is 9.47 Å². The van der Waals surface area contributed by atoms with Crippen LogP contribution in [0, 0.1) is 13.8 Å². The molecule has 0 amide bonds. The summed E-state index contributed by atoms with van der Waals surface area (Å²) in [5.74, 6) is 0.594. The SMILES string of the molecule is COc1cc(S(=O)(=O)N2CC[C@H](OC)C2)c(C)cc1C. The van der Waals surface area contributed by atoms with Gasteiger partial charge in [-0.2, -0.15) is 4.31 Å². The molecule has 0 radical (unpaired) electrons. The molecule has 1 heterocycles. The van der Waals surface area contributed by atoms with Gasteiger partial charge in [0.1, 0.15) is 5.75 Å². The van der Waals surface area contributed by atoms with Gasteiger partial charge in [0.05, 0.1) is 18.1 Å². The average molecular weight is 299 g/mol. The highest BCUT2D eigenvalue weighted by atomic mass is 32.2. The Morgan fingerprint density at radius 2 is 1.90 bits per heavy atom. The van der Waals surface area contributed by atoms with Crippen molar-refractivity contribution in [2.45, 2.75) is 31.3 Å². The third-order valence-corrected chi connectivity index (χ3v) is 5.76. The Bertz CT molecular complexity index is 597. The number of benzene rings is 1. The number of rotatable bonds is 4. The van der Waals surface area contributed by atoms with Crippen molar-refractivity contribution in [3.05, 3.63) is 23.3 Å². The van der Waals surface area contributed by atoms with Gasteiger partial charge in [-0.05, 0) is 31.4 Å². The first kappa shape index (κ1) is 15.3. The minimum atomic E-state index is -3.49. The zero-order valence-electron chi connectivity index (χ0n) is 12.3. The van der Waals surface area contributed by atoms with Crippen LogP contribution >= 0.6 is 0 Å². The topological polar surface area (TPSA) is 55.8 Å². The first-order valence-electron chi connectivity index (χ1n) is 6.58. The Balaban J connectivity index is 2.40. The van der Waals surface area contributed by atoms with Gasteiger partial charge >= 0.3 is 0 Å². The second-order valence-electron chi connectivity index (χ2n) is 5.10. The van der Waals surface area contributed by atoms with E-state index in [1.54, 1.807) is 20.3 Å². The van der Waals surface area contributed by atoms with Crippen molar-refractivity contribution in [2.24, 2.45) is 0 Å². The molecule has 0 spiro atoms. The normalized spacial score (nSPS) is 20.3. The summed E-state index contributed by atoms with van der Waals surface area (Å²) in [6.07, 6.45) is 0.718. The predicted molar refractivity (Wildman–Crippen MR) is 76.6 cm³/mol. The van der Waals surface area contributed by atoms with Crippen LogP contribution in [0.3, 0.4) is 0 Å². The molecule has 0 unspecified atom stereocenters. The lowest BCUT2D eigenvalue weighted by Gasteiger charge is -2.19. The third kappa shape index (κ3) is 2.68. The summed E-state index contributed by atoms with van der Waals surface area (Å²) in [6.45, 7) is 4.62. The summed E-state index contributed by atoms with van der Waals surface area (Å²) >= 11 is 0. The number of methoxy groups -OCH3 is 2. The Morgan fingerprint density at radius 3 is 2.45 bits per heavy atom. The summed E-state index contributed by atoms with van der Waals surface area (Å²) in [6, 6.07) is 3.45. The van der Waals surface area contributed by atoms with E-state index in [-0.39, 0.29) is 6.10 Å². The molecular formula is C14H21NO4S. The van der Waals surface area contributed by atoms with Crippen molar-refractivity contribution in [2.75, 3.05) is 27.3 Å². The van der Waals surface area contributed by atoms with E-state index in [1.807, 2.05) is 19.9 Å². The van der Waals surface area contributed by atoms with Gasteiger partial charge in [0.2, 0.25) is 10.0 Å². The molecule has 0 aliphatic carbocycles. The molecule has 1 saturated heterocycles. The van der Waals surface area contributed by atoms with Gasteiger partial charge in [0.25, 0.3) is 0 Å². The second-order valence-corrected chi connectivity index (χ2v) is 7.00. The lowest BCUT2D eigenvalue weighted by Crippen LogP contribution is -2.30. The highest BCUT2D eigenvalue weighted by Gasteiger charge is 2.33. The molecule has 1 aromatic carbocycles. The maximum atomic E-state index is 12.7. The van der Waals surface area contributed by atoms with Gasteiger partial charge in [-0.25, -0.2) is 8.42 Å². The van der Waals surface area contributed by atoms with E-state index in [0.29, 0.717) is 23.7 Å². The van der Waals surface area contributed by atoms with Crippen LogP contribution in [0.2, 0.25) is 0 Å². The molecule has 20 heavy (non-hydrogen) atoms. The van der Waals surface area contributed by atoms with Crippen molar-refractivity contribution in [1.29, 1.82) is 0 Å². The number of nitrogens with zero attached hydrogens (tertiary/aromatic N) is 1. The highest BCUT2D eigenvalue weighted by Crippen LogP contribution is 2.29. The zero-order valence-corrected chi connectivity index (χ0v) is 13.2. The molecular weight excluding hydrogens is 278 g/mol. The minimum absolute atomic E-state index is 0.0163. The molecule has 1 aliphatic heterocycles. The molecule has 6 heteroatoms. The van der Waals surface area contributed by atoms with Crippen LogP contribution in [0.5, 0.6) is 5.75 Å². The van der Waals surface area contributed by atoms with Crippen molar-refractivity contribution in [3.8, 4) is 5.75 Å². The van der Waals surface area contributed by atoms with Crippen molar-refractivity contribution in [3.63, 3.8) is 0 Å². The van der Waals surface area contributed by atoms with Crippen LogP contribution in [-0.4, -0.2) is 46.1 Å². The van der Waals surface area contributed by atoms with Crippen molar-refractivity contribution >= 4 is 10.0 Å². The molecule has 5 nitrogen and oxygen atoms in total. The molecule has 1 fully saturated rings. The molecule has 112 valence electrons. The van der Waals surface area contributed by atoms with E-state index in [0.717, 1.165) is 17.5 Å². The van der Waals surface area contributed by atoms with Crippen molar-refractivity contribution in [1.82, 2.24) is 4.31 Å². The van der Waals surface area contributed by atoms with Crippen LogP contribution in [0.1, 0.15) is 17.5 Å². The fourth-order valence-corrected chi connectivity index (χ4v) is 4.27. The molecule has 2 rings (SSSR count). The fraction of sp³-hybridized carbons (Fsp3) is 0.571. The first-order chi connectivity index (χ1) is 9.40. The lowest BCUT2D eigenvalue weighted by atomic mass is 10.1. The van der Waals surface area contributed by atoms with Crippen LogP contribution in [0.15, 0.2) is 17.0 Å². The van der Waals surface area contributed by atoms with Gasteiger partial charge in [-0.1, -0.05) is 6.07 Å². The maximum absolute atomic E-state index is 12.7. The molecule has 0 aromatic heterocycles. The third-order valence-electron chi connectivity index (χ3n) is 3.75. The number of hydrogen-bond donors (Lipinski definition) is 0. The van der Waals surface area contributed by atoms with E-state index in [9.17, 15) is 8.42 Å². The number of ether oxygens (including phenoxy) is 2. The fourth-order valence-electron chi connectivity index (χ4n) is 2.56. The molecule has 1 aliphatic rings. The quantitative estimate of drug-likeness (QED) is 0.849. The van der Waals surface area contributed by atoms with Crippen molar-refractivity contribution < 1.29 is 17.9 Å². The summed E-state index contributed by atoms with van der Waals surface area (Å²) in [4.78, 5) is 0.316. The largest absolute Gasteiger partial charge is 0.496 e. The number of hydrogen-bond acceptors (Lipinski definition) is 4.